The summed E-state index contributed by atoms with van der Waals surface area (Å²) in [7, 11) is 0. The molecule has 0 bridgehead atoms. The molecule has 1 atom stereocenters. The number of nitrogens with zero attached hydrogens (tertiary/aromatic N) is 3. The zero-order chi connectivity index (χ0) is 26.7. The first kappa shape index (κ1) is 26.2. The van der Waals surface area contributed by atoms with Crippen molar-refractivity contribution in [2.45, 2.75) is 26.1 Å². The van der Waals surface area contributed by atoms with Crippen LogP contribution in [0.2, 0.25) is 0 Å². The van der Waals surface area contributed by atoms with Crippen molar-refractivity contribution in [3.05, 3.63) is 66.0 Å². The summed E-state index contributed by atoms with van der Waals surface area (Å²) in [5, 5.41) is 12.5. The van der Waals surface area contributed by atoms with Gasteiger partial charge in [-0.1, -0.05) is 44.2 Å². The Bertz CT molecular complexity index is 1230. The number of aromatic amines is 1. The van der Waals surface area contributed by atoms with Gasteiger partial charge in [-0.25, -0.2) is 4.98 Å². The molecule has 37 heavy (non-hydrogen) atoms. The van der Waals surface area contributed by atoms with Gasteiger partial charge in [-0.15, -0.1) is 0 Å². The van der Waals surface area contributed by atoms with Gasteiger partial charge in [0.15, 0.2) is 0 Å². The molecule has 3 N–H and O–H groups in total. The third-order valence-corrected chi connectivity index (χ3v) is 6.24. The minimum absolute atomic E-state index is 0.168. The molecule has 1 aromatic carbocycles. The Morgan fingerprint density at radius 2 is 1.73 bits per heavy atom. The summed E-state index contributed by atoms with van der Waals surface area (Å²) in [4.78, 5) is 35.6. The number of aromatic nitrogens is 2. The first-order valence-corrected chi connectivity index (χ1v) is 11.9. The maximum atomic E-state index is 13.6. The molecule has 4 rings (SSSR count). The van der Waals surface area contributed by atoms with E-state index in [1.165, 1.54) is 6.20 Å². The quantitative estimate of drug-likeness (QED) is 0.461. The van der Waals surface area contributed by atoms with Crippen LogP contribution >= 0.6 is 0 Å². The van der Waals surface area contributed by atoms with E-state index in [4.69, 9.17) is 0 Å². The van der Waals surface area contributed by atoms with Crippen molar-refractivity contribution >= 4 is 23.3 Å². The highest BCUT2D eigenvalue weighted by atomic mass is 19.4. The maximum Gasteiger partial charge on any atom is 0.418 e. The highest BCUT2D eigenvalue weighted by molar-refractivity contribution is 6.04. The molecule has 1 fully saturated rings. The molecule has 3 heterocycles. The third kappa shape index (κ3) is 5.93. The molecule has 3 aromatic rings. The second-order valence-corrected chi connectivity index (χ2v) is 9.20. The predicted octanol–water partition coefficient (Wildman–Crippen LogP) is 4.01. The molecule has 196 valence electrons. The fraction of sp³-hybridized carbons (Fsp3) is 0.346. The summed E-state index contributed by atoms with van der Waals surface area (Å²) in [5.41, 5.74) is -0.682. The van der Waals surface area contributed by atoms with Gasteiger partial charge in [-0.05, 0) is 29.7 Å². The number of alkyl halides is 3. The average molecular weight is 516 g/mol. The number of anilines is 2. The summed E-state index contributed by atoms with van der Waals surface area (Å²) in [6.45, 7) is 5.44. The van der Waals surface area contributed by atoms with Crippen LogP contribution in [0.15, 0.2) is 54.7 Å². The normalized spacial score (nSPS) is 15.1. The van der Waals surface area contributed by atoms with E-state index in [0.717, 1.165) is 6.07 Å². The van der Waals surface area contributed by atoms with Crippen molar-refractivity contribution < 1.29 is 27.9 Å². The minimum atomic E-state index is -4.72. The van der Waals surface area contributed by atoms with Gasteiger partial charge in [0.1, 0.15) is 17.6 Å². The molecule has 0 spiro atoms. The highest BCUT2D eigenvalue weighted by Gasteiger charge is 2.37. The highest BCUT2D eigenvalue weighted by Crippen LogP contribution is 2.35. The standard InChI is InChI=1S/C26H28F3N5O3/c1-16(2)23(35)25(37)34-12-10-33(11-13-34)21-9-8-18(15-30-21)31-24(36)22-19(26(27,28)29)14-20(32-22)17-6-4-3-5-7-17/h3-9,14-16,23,32,35H,10-13H2,1-2H3,(H,31,36)/t23-/m0/s1. The largest absolute Gasteiger partial charge is 0.418 e. The van der Waals surface area contributed by atoms with E-state index in [0.29, 0.717) is 37.6 Å². The number of piperazine rings is 1. The monoisotopic (exact) mass is 515 g/mol. The minimum Gasteiger partial charge on any atom is -0.383 e. The van der Waals surface area contributed by atoms with Crippen molar-refractivity contribution in [1.29, 1.82) is 0 Å². The number of hydrogen-bond donors (Lipinski definition) is 3. The second-order valence-electron chi connectivity index (χ2n) is 9.20. The van der Waals surface area contributed by atoms with Gasteiger partial charge in [-0.2, -0.15) is 13.2 Å². The number of aliphatic hydroxyl groups excluding tert-OH is 1. The molecule has 1 saturated heterocycles. The van der Waals surface area contributed by atoms with Crippen molar-refractivity contribution in [2.24, 2.45) is 5.92 Å². The van der Waals surface area contributed by atoms with Gasteiger partial charge >= 0.3 is 6.18 Å². The lowest BCUT2D eigenvalue weighted by Crippen LogP contribution is -2.52. The second kappa shape index (κ2) is 10.6. The van der Waals surface area contributed by atoms with Crippen molar-refractivity contribution in [3.8, 4) is 11.3 Å². The van der Waals surface area contributed by atoms with E-state index < -0.39 is 29.4 Å². The van der Waals surface area contributed by atoms with Crippen molar-refractivity contribution in [3.63, 3.8) is 0 Å². The van der Waals surface area contributed by atoms with E-state index in [2.05, 4.69) is 15.3 Å². The molecule has 11 heteroatoms. The first-order chi connectivity index (χ1) is 17.5. The number of halogens is 3. The number of pyridine rings is 1. The van der Waals surface area contributed by atoms with E-state index >= 15 is 0 Å². The molecule has 2 amide bonds. The van der Waals surface area contributed by atoms with E-state index in [1.807, 2.05) is 4.90 Å². The zero-order valence-electron chi connectivity index (χ0n) is 20.4. The number of carbonyl (C=O) groups is 2. The predicted molar refractivity (Wildman–Crippen MR) is 133 cm³/mol. The van der Waals surface area contributed by atoms with Crippen molar-refractivity contribution in [2.75, 3.05) is 36.4 Å². The molecule has 1 aliphatic heterocycles. The Labute approximate surface area is 212 Å². The van der Waals surface area contributed by atoms with Crippen LogP contribution in [0, 0.1) is 5.92 Å². The molecule has 0 saturated carbocycles. The van der Waals surface area contributed by atoms with Crippen LogP contribution < -0.4 is 10.2 Å². The maximum absolute atomic E-state index is 13.6. The Balaban J connectivity index is 1.42. The van der Waals surface area contributed by atoms with E-state index in [9.17, 15) is 27.9 Å². The van der Waals surface area contributed by atoms with Crippen LogP contribution in [0.3, 0.4) is 0 Å². The lowest BCUT2D eigenvalue weighted by atomic mass is 10.1. The lowest BCUT2D eigenvalue weighted by Gasteiger charge is -2.36. The Morgan fingerprint density at radius 3 is 2.30 bits per heavy atom. The number of rotatable bonds is 6. The number of carbonyl (C=O) groups excluding carboxylic acids is 2. The molecule has 0 aliphatic carbocycles. The van der Waals surface area contributed by atoms with Crippen LogP contribution in [0.25, 0.3) is 11.3 Å². The molecular weight excluding hydrogens is 487 g/mol. The van der Waals surface area contributed by atoms with Gasteiger partial charge in [0.2, 0.25) is 0 Å². The SMILES string of the molecule is CC(C)[C@H](O)C(=O)N1CCN(c2ccc(NC(=O)c3[nH]c(-c4ccccc4)cc3C(F)(F)F)cn2)CC1. The molecular formula is C26H28F3N5O3. The molecule has 0 unspecified atom stereocenters. The summed E-state index contributed by atoms with van der Waals surface area (Å²) in [5.74, 6) is -0.784. The van der Waals surface area contributed by atoms with Gasteiger partial charge in [0, 0.05) is 31.9 Å². The van der Waals surface area contributed by atoms with Gasteiger partial charge in [0.05, 0.1) is 17.4 Å². The summed E-state index contributed by atoms with van der Waals surface area (Å²) >= 11 is 0. The molecule has 1 aliphatic rings. The Hall–Kier alpha value is -3.86. The number of H-pyrrole nitrogens is 1. The van der Waals surface area contributed by atoms with Gasteiger partial charge < -0.3 is 25.2 Å². The Morgan fingerprint density at radius 1 is 1.05 bits per heavy atom. The van der Waals surface area contributed by atoms with Crippen LogP contribution in [-0.2, 0) is 11.0 Å². The van der Waals surface area contributed by atoms with E-state index in [1.54, 1.807) is 61.2 Å². The summed E-state index contributed by atoms with van der Waals surface area (Å²) < 4.78 is 40.9. The van der Waals surface area contributed by atoms with Crippen LogP contribution in [0.1, 0.15) is 29.9 Å². The molecule has 8 nitrogen and oxygen atoms in total. The lowest BCUT2D eigenvalue weighted by molar-refractivity contribution is -0.142. The first-order valence-electron chi connectivity index (χ1n) is 11.9. The number of nitrogens with one attached hydrogen (secondary N) is 2. The van der Waals surface area contributed by atoms with E-state index in [-0.39, 0.29) is 23.2 Å². The van der Waals surface area contributed by atoms with Crippen LogP contribution in [0.4, 0.5) is 24.7 Å². The van der Waals surface area contributed by atoms with Gasteiger partial charge in [0.25, 0.3) is 11.8 Å². The van der Waals surface area contributed by atoms with Crippen molar-refractivity contribution in [1.82, 2.24) is 14.9 Å². The fourth-order valence-corrected chi connectivity index (χ4v) is 4.10. The fourth-order valence-electron chi connectivity index (χ4n) is 4.10. The van der Waals surface area contributed by atoms with Crippen LogP contribution in [-0.4, -0.2) is 64.1 Å². The number of aliphatic hydroxyl groups is 1. The smallest absolute Gasteiger partial charge is 0.383 e. The zero-order valence-corrected chi connectivity index (χ0v) is 20.4. The molecule has 2 aromatic heterocycles. The third-order valence-electron chi connectivity index (χ3n) is 6.24. The summed E-state index contributed by atoms with van der Waals surface area (Å²) in [6.07, 6.45) is -4.37. The topological polar surface area (TPSA) is 102 Å². The van der Waals surface area contributed by atoms with Crippen LogP contribution in [0.5, 0.6) is 0 Å². The Kier molecular flexibility index (Phi) is 7.53. The number of amides is 2. The number of benzene rings is 1. The average Bonchev–Trinajstić information content (AvgIpc) is 3.36. The van der Waals surface area contributed by atoms with Gasteiger partial charge in [-0.3, -0.25) is 9.59 Å². The summed E-state index contributed by atoms with van der Waals surface area (Å²) in [6, 6.07) is 12.6. The molecule has 0 radical (unpaired) electrons. The number of hydrogen-bond acceptors (Lipinski definition) is 5.